The molecule has 2 aliphatic heterocycles. The zero-order chi connectivity index (χ0) is 16.8. The van der Waals surface area contributed by atoms with E-state index < -0.39 is 0 Å². The van der Waals surface area contributed by atoms with Gasteiger partial charge in [0.25, 0.3) is 0 Å². The first kappa shape index (κ1) is 17.9. The molecule has 0 amide bonds. The standard InChI is InChI=1S/C21H35N3/c1-18(2)16-23-13-9-20(10-14-23)22-21-11-15-24(17-21)12-8-19-6-4-3-5-7-19/h3-7,18,20-22H,8-17H2,1-2H3/t21-/m1/s1. The fourth-order valence-corrected chi connectivity index (χ4v) is 4.24. The summed E-state index contributed by atoms with van der Waals surface area (Å²) in [5.74, 6) is 0.794. The molecule has 0 unspecified atom stereocenters. The Kier molecular flexibility index (Phi) is 6.70. The Labute approximate surface area is 148 Å². The quantitative estimate of drug-likeness (QED) is 0.829. The SMILES string of the molecule is CC(C)CN1CCC(N[C@@H]2CCN(CCc3ccccc3)C2)CC1. The smallest absolute Gasteiger partial charge is 0.0209 e. The molecule has 0 bridgehead atoms. The molecule has 0 saturated carbocycles. The highest BCUT2D eigenvalue weighted by atomic mass is 15.2. The van der Waals surface area contributed by atoms with Gasteiger partial charge in [-0.3, -0.25) is 0 Å². The van der Waals surface area contributed by atoms with Gasteiger partial charge in [-0.05, 0) is 56.8 Å². The van der Waals surface area contributed by atoms with Crippen LogP contribution in [0.4, 0.5) is 0 Å². The lowest BCUT2D eigenvalue weighted by Gasteiger charge is -2.34. The van der Waals surface area contributed by atoms with Crippen molar-refractivity contribution in [2.24, 2.45) is 5.92 Å². The molecule has 0 aromatic heterocycles. The van der Waals surface area contributed by atoms with E-state index in [0.717, 1.165) is 12.0 Å². The van der Waals surface area contributed by atoms with Gasteiger partial charge in [0.15, 0.2) is 0 Å². The molecule has 1 aromatic rings. The maximum atomic E-state index is 3.95. The number of nitrogens with one attached hydrogen (secondary N) is 1. The second-order valence-electron chi connectivity index (χ2n) is 8.16. The Morgan fingerprint density at radius 3 is 2.33 bits per heavy atom. The zero-order valence-corrected chi connectivity index (χ0v) is 15.6. The molecule has 0 spiro atoms. The number of benzene rings is 1. The van der Waals surface area contributed by atoms with Crippen LogP contribution in [-0.2, 0) is 6.42 Å². The second kappa shape index (κ2) is 8.98. The minimum Gasteiger partial charge on any atom is -0.310 e. The monoisotopic (exact) mass is 329 g/mol. The average molecular weight is 330 g/mol. The average Bonchev–Trinajstić information content (AvgIpc) is 3.03. The van der Waals surface area contributed by atoms with Crippen molar-refractivity contribution in [3.63, 3.8) is 0 Å². The number of piperidine rings is 1. The molecule has 3 nitrogen and oxygen atoms in total. The third kappa shape index (κ3) is 5.58. The minimum atomic E-state index is 0.711. The predicted molar refractivity (Wildman–Crippen MR) is 102 cm³/mol. The Balaban J connectivity index is 1.33. The van der Waals surface area contributed by atoms with Crippen molar-refractivity contribution in [3.8, 4) is 0 Å². The largest absolute Gasteiger partial charge is 0.310 e. The van der Waals surface area contributed by atoms with Gasteiger partial charge >= 0.3 is 0 Å². The molecule has 2 heterocycles. The highest BCUT2D eigenvalue weighted by molar-refractivity contribution is 5.14. The summed E-state index contributed by atoms with van der Waals surface area (Å²) in [5, 5.41) is 3.95. The fraction of sp³-hybridized carbons (Fsp3) is 0.714. The first-order valence-electron chi connectivity index (χ1n) is 9.93. The van der Waals surface area contributed by atoms with Crippen LogP contribution in [0.15, 0.2) is 30.3 Å². The van der Waals surface area contributed by atoms with Crippen LogP contribution in [0.2, 0.25) is 0 Å². The summed E-state index contributed by atoms with van der Waals surface area (Å²) < 4.78 is 0. The van der Waals surface area contributed by atoms with Gasteiger partial charge in [-0.2, -0.15) is 0 Å². The van der Waals surface area contributed by atoms with Gasteiger partial charge in [-0.15, -0.1) is 0 Å². The van der Waals surface area contributed by atoms with Crippen molar-refractivity contribution in [1.82, 2.24) is 15.1 Å². The highest BCUT2D eigenvalue weighted by Crippen LogP contribution is 2.16. The van der Waals surface area contributed by atoms with Crippen LogP contribution in [-0.4, -0.2) is 61.2 Å². The lowest BCUT2D eigenvalue weighted by atomic mass is 10.0. The number of rotatable bonds is 7. The summed E-state index contributed by atoms with van der Waals surface area (Å²) in [4.78, 5) is 5.28. The van der Waals surface area contributed by atoms with Crippen molar-refractivity contribution in [1.29, 1.82) is 0 Å². The van der Waals surface area contributed by atoms with Crippen LogP contribution in [0.1, 0.15) is 38.7 Å². The molecule has 2 fully saturated rings. The molecule has 2 aliphatic rings. The third-order valence-electron chi connectivity index (χ3n) is 5.51. The van der Waals surface area contributed by atoms with E-state index in [1.165, 1.54) is 70.5 Å². The van der Waals surface area contributed by atoms with Crippen molar-refractivity contribution < 1.29 is 0 Å². The summed E-state index contributed by atoms with van der Waals surface area (Å²) >= 11 is 0. The molecule has 0 radical (unpaired) electrons. The molecule has 3 heteroatoms. The number of likely N-dealkylation sites (tertiary alicyclic amines) is 2. The van der Waals surface area contributed by atoms with Gasteiger partial charge in [0.2, 0.25) is 0 Å². The van der Waals surface area contributed by atoms with Gasteiger partial charge in [-0.1, -0.05) is 44.2 Å². The van der Waals surface area contributed by atoms with Crippen molar-refractivity contribution in [3.05, 3.63) is 35.9 Å². The van der Waals surface area contributed by atoms with Gasteiger partial charge in [0.1, 0.15) is 0 Å². The van der Waals surface area contributed by atoms with Gasteiger partial charge in [0, 0.05) is 31.7 Å². The van der Waals surface area contributed by atoms with Crippen LogP contribution < -0.4 is 5.32 Å². The predicted octanol–water partition coefficient (Wildman–Crippen LogP) is 3.01. The molecule has 1 atom stereocenters. The Bertz CT molecular complexity index is 465. The van der Waals surface area contributed by atoms with Gasteiger partial charge in [-0.25, -0.2) is 0 Å². The minimum absolute atomic E-state index is 0.711. The van der Waals surface area contributed by atoms with Crippen LogP contribution >= 0.6 is 0 Å². The van der Waals surface area contributed by atoms with Crippen LogP contribution in [0.3, 0.4) is 0 Å². The maximum Gasteiger partial charge on any atom is 0.0209 e. The molecule has 2 saturated heterocycles. The third-order valence-corrected chi connectivity index (χ3v) is 5.51. The van der Waals surface area contributed by atoms with E-state index in [-0.39, 0.29) is 0 Å². The van der Waals surface area contributed by atoms with Crippen molar-refractivity contribution >= 4 is 0 Å². The van der Waals surface area contributed by atoms with E-state index in [2.05, 4.69) is 59.3 Å². The van der Waals surface area contributed by atoms with E-state index in [1.54, 1.807) is 0 Å². The molecule has 0 aliphatic carbocycles. The lowest BCUT2D eigenvalue weighted by Crippen LogP contribution is -2.47. The summed E-state index contributed by atoms with van der Waals surface area (Å²) in [5.41, 5.74) is 1.46. The summed E-state index contributed by atoms with van der Waals surface area (Å²) in [7, 11) is 0. The van der Waals surface area contributed by atoms with Gasteiger partial charge < -0.3 is 15.1 Å². The normalized spacial score (nSPS) is 24.0. The molecular formula is C21H35N3. The number of hydrogen-bond acceptors (Lipinski definition) is 3. The van der Waals surface area contributed by atoms with Crippen LogP contribution in [0, 0.1) is 5.92 Å². The number of hydrogen-bond donors (Lipinski definition) is 1. The first-order valence-corrected chi connectivity index (χ1v) is 9.93. The fourth-order valence-electron chi connectivity index (χ4n) is 4.24. The summed E-state index contributed by atoms with van der Waals surface area (Å²) in [6.07, 6.45) is 5.16. The maximum absolute atomic E-state index is 3.95. The summed E-state index contributed by atoms with van der Waals surface area (Å²) in [6.45, 7) is 12.2. The molecule has 24 heavy (non-hydrogen) atoms. The molecule has 1 aromatic carbocycles. The van der Waals surface area contributed by atoms with Crippen LogP contribution in [0.5, 0.6) is 0 Å². The number of nitrogens with zero attached hydrogens (tertiary/aromatic N) is 2. The molecule has 134 valence electrons. The van der Waals surface area contributed by atoms with Crippen molar-refractivity contribution in [2.75, 3.05) is 39.3 Å². The molecular weight excluding hydrogens is 294 g/mol. The Hall–Kier alpha value is -0.900. The van der Waals surface area contributed by atoms with E-state index in [1.807, 2.05) is 0 Å². The topological polar surface area (TPSA) is 18.5 Å². The second-order valence-corrected chi connectivity index (χ2v) is 8.16. The van der Waals surface area contributed by atoms with E-state index in [4.69, 9.17) is 0 Å². The van der Waals surface area contributed by atoms with Gasteiger partial charge in [0.05, 0.1) is 0 Å². The van der Waals surface area contributed by atoms with Crippen LogP contribution in [0.25, 0.3) is 0 Å². The van der Waals surface area contributed by atoms with E-state index in [0.29, 0.717) is 6.04 Å². The Morgan fingerprint density at radius 1 is 0.958 bits per heavy atom. The highest BCUT2D eigenvalue weighted by Gasteiger charge is 2.26. The molecule has 1 N–H and O–H groups in total. The summed E-state index contributed by atoms with van der Waals surface area (Å²) in [6, 6.07) is 12.3. The van der Waals surface area contributed by atoms with E-state index >= 15 is 0 Å². The molecule has 3 rings (SSSR count). The van der Waals surface area contributed by atoms with Crippen molar-refractivity contribution in [2.45, 2.75) is 51.6 Å². The first-order chi connectivity index (χ1) is 11.7. The van der Waals surface area contributed by atoms with E-state index in [9.17, 15) is 0 Å². The lowest BCUT2D eigenvalue weighted by molar-refractivity contribution is 0.174. The Morgan fingerprint density at radius 2 is 1.62 bits per heavy atom. The zero-order valence-electron chi connectivity index (χ0n) is 15.6.